The molecule has 0 saturated carbocycles. The van der Waals surface area contributed by atoms with Crippen LogP contribution < -0.4 is 10.3 Å². The third kappa shape index (κ3) is 5.32. The smallest absolute Gasteiger partial charge is 0.266 e. The summed E-state index contributed by atoms with van der Waals surface area (Å²) in [5.41, 5.74) is 3.74. The topological polar surface area (TPSA) is 64.3 Å². The Morgan fingerprint density at radius 3 is 2.18 bits per heavy atom. The van der Waals surface area contributed by atoms with Gasteiger partial charge in [-0.3, -0.25) is 4.79 Å². The molecule has 0 atom stereocenters. The van der Waals surface area contributed by atoms with Crippen LogP contribution in [0.25, 0.3) is 0 Å². The van der Waals surface area contributed by atoms with Gasteiger partial charge in [0.25, 0.3) is 5.56 Å². The third-order valence-electron chi connectivity index (χ3n) is 5.68. The van der Waals surface area contributed by atoms with E-state index in [4.69, 9.17) is 9.84 Å². The van der Waals surface area contributed by atoms with Crippen molar-refractivity contribution in [3.8, 4) is 11.5 Å². The maximum Gasteiger partial charge on any atom is 0.266 e. The zero-order valence-electron chi connectivity index (χ0n) is 18.7. The van der Waals surface area contributed by atoms with Crippen LogP contribution in [0.2, 0.25) is 0 Å². The maximum absolute atomic E-state index is 12.5. The molecule has 0 unspecified atom stereocenters. The van der Waals surface area contributed by atoms with Crippen molar-refractivity contribution in [2.24, 2.45) is 0 Å². The highest BCUT2D eigenvalue weighted by molar-refractivity contribution is 5.44. The quantitative estimate of drug-likeness (QED) is 0.365. The molecule has 0 radical (unpaired) electrons. The van der Waals surface area contributed by atoms with Crippen LogP contribution in [-0.4, -0.2) is 21.5 Å². The van der Waals surface area contributed by atoms with E-state index in [0.717, 1.165) is 22.4 Å². The Balaban J connectivity index is 1.52. The molecule has 0 aliphatic carbocycles. The van der Waals surface area contributed by atoms with Crippen LogP contribution in [0.15, 0.2) is 95.8 Å². The molecule has 1 aromatic heterocycles. The van der Waals surface area contributed by atoms with E-state index in [1.807, 2.05) is 55.5 Å². The van der Waals surface area contributed by atoms with E-state index in [0.29, 0.717) is 31.7 Å². The monoisotopic (exact) mass is 440 g/mol. The van der Waals surface area contributed by atoms with Crippen molar-refractivity contribution in [1.82, 2.24) is 9.78 Å². The van der Waals surface area contributed by atoms with Gasteiger partial charge in [0.05, 0.1) is 18.2 Å². The molecule has 3 aromatic carbocycles. The van der Waals surface area contributed by atoms with Crippen LogP contribution in [0.5, 0.6) is 11.5 Å². The molecule has 0 aliphatic heterocycles. The molecule has 168 valence electrons. The van der Waals surface area contributed by atoms with E-state index < -0.39 is 0 Å². The summed E-state index contributed by atoms with van der Waals surface area (Å²) in [7, 11) is 0. The average Bonchev–Trinajstić information content (AvgIpc) is 2.85. The Morgan fingerprint density at radius 2 is 1.55 bits per heavy atom. The van der Waals surface area contributed by atoms with Crippen molar-refractivity contribution < 1.29 is 9.84 Å². The predicted octanol–water partition coefficient (Wildman–Crippen LogP) is 5.16. The number of hydrogen-bond acceptors (Lipinski definition) is 4. The standard InChI is InChI=1S/C28H28N2O3/c1-2-23-25(31)15-9-16-26(23)33-20-10-19-30-27(32)18-17-24(29-30)28(21-11-5-3-6-12-21)22-13-7-4-8-14-22/h3-9,11-18,28,31H,2,10,19-20H2,1H3. The summed E-state index contributed by atoms with van der Waals surface area (Å²) in [5.74, 6) is 0.864. The van der Waals surface area contributed by atoms with Gasteiger partial charge in [-0.1, -0.05) is 73.7 Å². The number of phenols is 1. The second-order valence-electron chi connectivity index (χ2n) is 7.88. The molecule has 0 saturated heterocycles. The largest absolute Gasteiger partial charge is 0.508 e. The van der Waals surface area contributed by atoms with Crippen LogP contribution >= 0.6 is 0 Å². The minimum absolute atomic E-state index is 0.0603. The molecule has 0 fully saturated rings. The van der Waals surface area contributed by atoms with Crippen molar-refractivity contribution in [2.45, 2.75) is 32.2 Å². The van der Waals surface area contributed by atoms with Gasteiger partial charge >= 0.3 is 0 Å². The summed E-state index contributed by atoms with van der Waals surface area (Å²) in [6, 6.07) is 29.1. The number of hydrogen-bond donors (Lipinski definition) is 1. The number of phenolic OH excluding ortho intramolecular Hbond substituents is 1. The fourth-order valence-corrected chi connectivity index (χ4v) is 4.04. The zero-order chi connectivity index (χ0) is 23.0. The third-order valence-corrected chi connectivity index (χ3v) is 5.68. The fourth-order valence-electron chi connectivity index (χ4n) is 4.04. The van der Waals surface area contributed by atoms with Gasteiger partial charge in [0.1, 0.15) is 11.5 Å². The summed E-state index contributed by atoms with van der Waals surface area (Å²) in [6.45, 7) is 2.85. The summed E-state index contributed by atoms with van der Waals surface area (Å²) < 4.78 is 7.40. The summed E-state index contributed by atoms with van der Waals surface area (Å²) in [6.07, 6.45) is 1.31. The Bertz CT molecular complexity index is 1200. The maximum atomic E-state index is 12.5. The van der Waals surface area contributed by atoms with Crippen LogP contribution in [0.1, 0.15) is 41.6 Å². The molecule has 5 heteroatoms. The second kappa shape index (κ2) is 10.6. The molecule has 0 amide bonds. The number of rotatable bonds is 9. The Labute approximate surface area is 193 Å². The number of nitrogens with zero attached hydrogens (tertiary/aromatic N) is 2. The van der Waals surface area contributed by atoms with Crippen LogP contribution in [0.3, 0.4) is 0 Å². The SMILES string of the molecule is CCc1c(O)cccc1OCCCn1nc(C(c2ccccc2)c2ccccc2)ccc1=O. The van der Waals surface area contributed by atoms with Crippen LogP contribution in [-0.2, 0) is 13.0 Å². The van der Waals surface area contributed by atoms with E-state index in [1.54, 1.807) is 18.2 Å². The molecule has 0 bridgehead atoms. The molecule has 1 heterocycles. The van der Waals surface area contributed by atoms with Crippen molar-refractivity contribution in [2.75, 3.05) is 6.61 Å². The summed E-state index contributed by atoms with van der Waals surface area (Å²) in [5, 5.41) is 14.7. The minimum Gasteiger partial charge on any atom is -0.508 e. The Kier molecular flexibility index (Phi) is 7.20. The van der Waals surface area contributed by atoms with Gasteiger partial charge in [-0.25, -0.2) is 4.68 Å². The molecule has 4 aromatic rings. The number of aromatic nitrogens is 2. The Hall–Kier alpha value is -3.86. The van der Waals surface area contributed by atoms with Gasteiger partial charge in [-0.05, 0) is 35.7 Å². The van der Waals surface area contributed by atoms with E-state index in [1.165, 1.54) is 4.68 Å². The van der Waals surface area contributed by atoms with E-state index in [9.17, 15) is 9.90 Å². The van der Waals surface area contributed by atoms with Gasteiger partial charge in [0.15, 0.2) is 0 Å². The first-order chi connectivity index (χ1) is 16.2. The lowest BCUT2D eigenvalue weighted by atomic mass is 9.88. The molecule has 5 nitrogen and oxygen atoms in total. The molecule has 4 rings (SSSR count). The van der Waals surface area contributed by atoms with Gasteiger partial charge < -0.3 is 9.84 Å². The van der Waals surface area contributed by atoms with Gasteiger partial charge in [-0.2, -0.15) is 5.10 Å². The first-order valence-corrected chi connectivity index (χ1v) is 11.3. The van der Waals surface area contributed by atoms with Crippen LogP contribution in [0.4, 0.5) is 0 Å². The molecule has 33 heavy (non-hydrogen) atoms. The number of aryl methyl sites for hydroxylation is 1. The number of benzene rings is 3. The van der Waals surface area contributed by atoms with Gasteiger partial charge in [-0.15, -0.1) is 0 Å². The lowest BCUT2D eigenvalue weighted by Crippen LogP contribution is -2.25. The first kappa shape index (κ1) is 22.3. The molecule has 0 spiro atoms. The van der Waals surface area contributed by atoms with Crippen molar-refractivity contribution in [1.29, 1.82) is 0 Å². The summed E-state index contributed by atoms with van der Waals surface area (Å²) in [4.78, 5) is 12.5. The number of aromatic hydroxyl groups is 1. The van der Waals surface area contributed by atoms with Crippen LogP contribution in [0, 0.1) is 0 Å². The van der Waals surface area contributed by atoms with Crippen molar-refractivity contribution in [3.63, 3.8) is 0 Å². The molecule has 1 N–H and O–H groups in total. The zero-order valence-corrected chi connectivity index (χ0v) is 18.7. The highest BCUT2D eigenvalue weighted by Crippen LogP contribution is 2.30. The molecule has 0 aliphatic rings. The second-order valence-corrected chi connectivity index (χ2v) is 7.88. The highest BCUT2D eigenvalue weighted by atomic mass is 16.5. The first-order valence-electron chi connectivity index (χ1n) is 11.3. The normalized spacial score (nSPS) is 11.0. The van der Waals surface area contributed by atoms with Gasteiger partial charge in [0, 0.05) is 24.6 Å². The molecular formula is C28H28N2O3. The van der Waals surface area contributed by atoms with Crippen molar-refractivity contribution >= 4 is 0 Å². The summed E-state index contributed by atoms with van der Waals surface area (Å²) >= 11 is 0. The van der Waals surface area contributed by atoms with Crippen molar-refractivity contribution in [3.05, 3.63) is 124 Å². The highest BCUT2D eigenvalue weighted by Gasteiger charge is 2.19. The van der Waals surface area contributed by atoms with E-state index >= 15 is 0 Å². The predicted molar refractivity (Wildman–Crippen MR) is 130 cm³/mol. The average molecular weight is 441 g/mol. The minimum atomic E-state index is -0.134. The number of ether oxygens (including phenoxy) is 1. The lowest BCUT2D eigenvalue weighted by Gasteiger charge is -2.19. The van der Waals surface area contributed by atoms with E-state index in [2.05, 4.69) is 24.3 Å². The fraction of sp³-hybridized carbons (Fsp3) is 0.214. The molecular weight excluding hydrogens is 412 g/mol. The Morgan fingerprint density at radius 1 is 0.879 bits per heavy atom. The lowest BCUT2D eigenvalue weighted by molar-refractivity contribution is 0.292. The van der Waals surface area contributed by atoms with E-state index in [-0.39, 0.29) is 17.2 Å². The van der Waals surface area contributed by atoms with Gasteiger partial charge in [0.2, 0.25) is 0 Å².